The van der Waals surface area contributed by atoms with Crippen molar-refractivity contribution >= 4 is 17.7 Å². The minimum atomic E-state index is -0.406. The Morgan fingerprint density at radius 3 is 2.18 bits per heavy atom. The van der Waals surface area contributed by atoms with Crippen LogP contribution in [0, 0.1) is 0 Å². The fourth-order valence-corrected chi connectivity index (χ4v) is 1.72. The number of ether oxygens (including phenoxy) is 2. The van der Waals surface area contributed by atoms with E-state index in [1.807, 2.05) is 6.92 Å². The Morgan fingerprint density at radius 1 is 0.955 bits per heavy atom. The van der Waals surface area contributed by atoms with Crippen molar-refractivity contribution < 1.29 is 23.9 Å². The van der Waals surface area contributed by atoms with Crippen LogP contribution in [-0.4, -0.2) is 24.3 Å². The first kappa shape index (κ1) is 17.9. The van der Waals surface area contributed by atoms with Gasteiger partial charge in [0.1, 0.15) is 5.75 Å². The standard InChI is InChI=1S/C17H22O5/c1-3-4-12-21-16(19)6-5-7-17(20)22-15-10-8-14(9-11-15)13(2)18/h8-11H,3-7,12H2,1-2H3. The van der Waals surface area contributed by atoms with Crippen LogP contribution in [0.4, 0.5) is 0 Å². The summed E-state index contributed by atoms with van der Waals surface area (Å²) >= 11 is 0. The number of hydrogen-bond acceptors (Lipinski definition) is 5. The van der Waals surface area contributed by atoms with E-state index in [0.717, 1.165) is 12.8 Å². The van der Waals surface area contributed by atoms with Crippen molar-refractivity contribution in [1.82, 2.24) is 0 Å². The molecular formula is C17H22O5. The van der Waals surface area contributed by atoms with Gasteiger partial charge in [0.05, 0.1) is 6.61 Å². The van der Waals surface area contributed by atoms with Crippen LogP contribution in [0.5, 0.6) is 5.75 Å². The third-order valence-electron chi connectivity index (χ3n) is 3.02. The van der Waals surface area contributed by atoms with Gasteiger partial charge in [-0.25, -0.2) is 0 Å². The van der Waals surface area contributed by atoms with Crippen LogP contribution in [0.3, 0.4) is 0 Å². The van der Waals surface area contributed by atoms with Gasteiger partial charge in [0, 0.05) is 18.4 Å². The number of carbonyl (C=O) groups is 3. The third-order valence-corrected chi connectivity index (χ3v) is 3.02. The minimum Gasteiger partial charge on any atom is -0.466 e. The number of benzene rings is 1. The van der Waals surface area contributed by atoms with E-state index in [1.165, 1.54) is 6.92 Å². The smallest absolute Gasteiger partial charge is 0.311 e. The average molecular weight is 306 g/mol. The lowest BCUT2D eigenvalue weighted by Crippen LogP contribution is -2.10. The van der Waals surface area contributed by atoms with Gasteiger partial charge in [-0.1, -0.05) is 13.3 Å². The van der Waals surface area contributed by atoms with E-state index in [1.54, 1.807) is 24.3 Å². The molecule has 0 saturated carbocycles. The van der Waals surface area contributed by atoms with Crippen molar-refractivity contribution in [2.24, 2.45) is 0 Å². The fourth-order valence-electron chi connectivity index (χ4n) is 1.72. The number of esters is 2. The highest BCUT2D eigenvalue weighted by Crippen LogP contribution is 2.14. The van der Waals surface area contributed by atoms with Gasteiger partial charge in [-0.15, -0.1) is 0 Å². The van der Waals surface area contributed by atoms with Crippen LogP contribution < -0.4 is 4.74 Å². The lowest BCUT2D eigenvalue weighted by atomic mass is 10.1. The van der Waals surface area contributed by atoms with Crippen LogP contribution >= 0.6 is 0 Å². The minimum absolute atomic E-state index is 0.0422. The quantitative estimate of drug-likeness (QED) is 0.303. The number of carbonyl (C=O) groups excluding carboxylic acids is 3. The molecule has 5 heteroatoms. The molecule has 0 heterocycles. The average Bonchev–Trinajstić information content (AvgIpc) is 2.48. The molecule has 0 aromatic heterocycles. The van der Waals surface area contributed by atoms with E-state index < -0.39 is 5.97 Å². The number of ketones is 1. The number of rotatable bonds is 9. The van der Waals surface area contributed by atoms with Gasteiger partial charge in [0.2, 0.25) is 0 Å². The summed E-state index contributed by atoms with van der Waals surface area (Å²) in [7, 11) is 0. The Hall–Kier alpha value is -2.17. The van der Waals surface area contributed by atoms with Gasteiger partial charge in [0.15, 0.2) is 5.78 Å². The normalized spacial score (nSPS) is 10.1. The lowest BCUT2D eigenvalue weighted by molar-refractivity contribution is -0.144. The van der Waals surface area contributed by atoms with Gasteiger partial charge in [-0.3, -0.25) is 14.4 Å². The summed E-state index contributed by atoms with van der Waals surface area (Å²) in [6.07, 6.45) is 2.58. The predicted molar refractivity (Wildman–Crippen MR) is 81.8 cm³/mol. The van der Waals surface area contributed by atoms with Crippen LogP contribution in [0.2, 0.25) is 0 Å². The molecule has 0 saturated heterocycles. The number of Topliss-reactive ketones (excluding diaryl/α,β-unsaturated/α-hetero) is 1. The Balaban J connectivity index is 2.25. The Morgan fingerprint density at radius 2 is 1.59 bits per heavy atom. The Bertz CT molecular complexity index is 504. The number of hydrogen-bond donors (Lipinski definition) is 0. The summed E-state index contributed by atoms with van der Waals surface area (Å²) in [5.41, 5.74) is 0.564. The molecule has 0 spiro atoms. The highest BCUT2D eigenvalue weighted by Gasteiger charge is 2.08. The van der Waals surface area contributed by atoms with E-state index in [0.29, 0.717) is 24.3 Å². The van der Waals surface area contributed by atoms with Gasteiger partial charge >= 0.3 is 11.9 Å². The summed E-state index contributed by atoms with van der Waals surface area (Å²) in [5.74, 6) is -0.344. The number of unbranched alkanes of at least 4 members (excludes halogenated alkanes) is 1. The molecular weight excluding hydrogens is 284 g/mol. The monoisotopic (exact) mass is 306 g/mol. The van der Waals surface area contributed by atoms with Crippen LogP contribution in [0.15, 0.2) is 24.3 Å². The highest BCUT2D eigenvalue weighted by atomic mass is 16.5. The molecule has 0 radical (unpaired) electrons. The Kier molecular flexibility index (Phi) is 7.89. The lowest BCUT2D eigenvalue weighted by Gasteiger charge is -2.05. The van der Waals surface area contributed by atoms with Crippen molar-refractivity contribution in [3.8, 4) is 5.75 Å². The van der Waals surface area contributed by atoms with E-state index in [-0.39, 0.29) is 24.6 Å². The second-order valence-corrected chi connectivity index (χ2v) is 4.98. The molecule has 0 aliphatic heterocycles. The molecule has 0 N–H and O–H groups in total. The molecule has 1 rings (SSSR count). The molecule has 0 aliphatic rings. The highest BCUT2D eigenvalue weighted by molar-refractivity contribution is 5.94. The first-order valence-corrected chi connectivity index (χ1v) is 7.50. The molecule has 0 fully saturated rings. The van der Waals surface area contributed by atoms with Gasteiger partial charge in [0.25, 0.3) is 0 Å². The largest absolute Gasteiger partial charge is 0.466 e. The van der Waals surface area contributed by atoms with Crippen molar-refractivity contribution in [2.75, 3.05) is 6.61 Å². The molecule has 120 valence electrons. The zero-order valence-corrected chi connectivity index (χ0v) is 13.1. The van der Waals surface area contributed by atoms with E-state index in [9.17, 15) is 14.4 Å². The molecule has 0 unspecified atom stereocenters. The summed E-state index contributed by atoms with van der Waals surface area (Å²) in [6.45, 7) is 3.93. The van der Waals surface area contributed by atoms with Gasteiger partial charge < -0.3 is 9.47 Å². The molecule has 0 amide bonds. The second kappa shape index (κ2) is 9.71. The van der Waals surface area contributed by atoms with Gasteiger partial charge in [-0.05, 0) is 44.0 Å². The summed E-state index contributed by atoms with van der Waals surface area (Å²) in [6, 6.07) is 6.37. The van der Waals surface area contributed by atoms with Crippen molar-refractivity contribution in [2.45, 2.75) is 46.0 Å². The molecule has 22 heavy (non-hydrogen) atoms. The summed E-state index contributed by atoms with van der Waals surface area (Å²) < 4.78 is 10.1. The maximum Gasteiger partial charge on any atom is 0.311 e. The summed E-state index contributed by atoms with van der Waals surface area (Å²) in [5, 5.41) is 0. The maximum atomic E-state index is 11.6. The first-order valence-electron chi connectivity index (χ1n) is 7.50. The predicted octanol–water partition coefficient (Wildman–Crippen LogP) is 3.31. The topological polar surface area (TPSA) is 69.7 Å². The zero-order valence-electron chi connectivity index (χ0n) is 13.1. The second-order valence-electron chi connectivity index (χ2n) is 4.98. The maximum absolute atomic E-state index is 11.6. The molecule has 0 atom stereocenters. The van der Waals surface area contributed by atoms with Crippen LogP contribution in [-0.2, 0) is 14.3 Å². The van der Waals surface area contributed by atoms with Crippen LogP contribution in [0.1, 0.15) is 56.3 Å². The van der Waals surface area contributed by atoms with Crippen molar-refractivity contribution in [3.05, 3.63) is 29.8 Å². The van der Waals surface area contributed by atoms with E-state index >= 15 is 0 Å². The molecule has 1 aromatic rings. The molecule has 0 bridgehead atoms. The Labute approximate surface area is 130 Å². The van der Waals surface area contributed by atoms with Crippen molar-refractivity contribution in [1.29, 1.82) is 0 Å². The van der Waals surface area contributed by atoms with Crippen LogP contribution in [0.25, 0.3) is 0 Å². The van der Waals surface area contributed by atoms with E-state index in [2.05, 4.69) is 0 Å². The molecule has 0 aliphatic carbocycles. The van der Waals surface area contributed by atoms with Crippen molar-refractivity contribution in [3.63, 3.8) is 0 Å². The SMILES string of the molecule is CCCCOC(=O)CCCC(=O)Oc1ccc(C(C)=O)cc1. The third kappa shape index (κ3) is 7.02. The zero-order chi connectivity index (χ0) is 16.4. The first-order chi connectivity index (χ1) is 10.5. The molecule has 1 aromatic carbocycles. The summed E-state index contributed by atoms with van der Waals surface area (Å²) in [4.78, 5) is 34.1. The fraction of sp³-hybridized carbons (Fsp3) is 0.471. The van der Waals surface area contributed by atoms with E-state index in [4.69, 9.17) is 9.47 Å². The van der Waals surface area contributed by atoms with Gasteiger partial charge in [-0.2, -0.15) is 0 Å². The molecule has 5 nitrogen and oxygen atoms in total.